The highest BCUT2D eigenvalue weighted by atomic mass is 35.5. The molecule has 1 aromatic rings. The van der Waals surface area contributed by atoms with Gasteiger partial charge in [-0.2, -0.15) is 0 Å². The number of rotatable bonds is 2. The van der Waals surface area contributed by atoms with E-state index in [1.54, 1.807) is 0 Å². The molecule has 15 heavy (non-hydrogen) atoms. The van der Waals surface area contributed by atoms with Crippen molar-refractivity contribution in [3.63, 3.8) is 0 Å². The molecule has 0 aliphatic carbocycles. The van der Waals surface area contributed by atoms with Crippen LogP contribution in [0.15, 0.2) is 18.2 Å². The molecule has 0 radical (unpaired) electrons. The minimum absolute atomic E-state index is 0.203. The molecule has 2 nitrogen and oxygen atoms in total. The van der Waals surface area contributed by atoms with Crippen LogP contribution in [0.1, 0.15) is 12.0 Å². The predicted molar refractivity (Wildman–Crippen MR) is 62.4 cm³/mol. The fraction of sp³-hybridized carbons (Fsp3) is 0.455. The van der Waals surface area contributed by atoms with Gasteiger partial charge in [0.15, 0.2) is 0 Å². The first-order valence-electron chi connectivity index (χ1n) is 5.00. The summed E-state index contributed by atoms with van der Waals surface area (Å²) in [6.07, 6.45) is 0.633. The van der Waals surface area contributed by atoms with Gasteiger partial charge in [0.05, 0.1) is 6.10 Å². The highest BCUT2D eigenvalue weighted by Crippen LogP contribution is 2.26. The molecule has 1 aliphatic rings. The number of halogens is 2. The Labute approximate surface area is 99.4 Å². The van der Waals surface area contributed by atoms with E-state index >= 15 is 0 Å². The van der Waals surface area contributed by atoms with E-state index in [2.05, 4.69) is 4.90 Å². The molecule has 0 saturated carbocycles. The lowest BCUT2D eigenvalue weighted by Gasteiger charge is -2.16. The number of benzene rings is 1. The van der Waals surface area contributed by atoms with Crippen LogP contribution in [0.25, 0.3) is 0 Å². The number of hydrogen-bond acceptors (Lipinski definition) is 2. The second-order valence-electron chi connectivity index (χ2n) is 3.88. The van der Waals surface area contributed by atoms with Crippen LogP contribution in [-0.2, 0) is 6.54 Å². The zero-order chi connectivity index (χ0) is 10.8. The number of nitrogens with zero attached hydrogens (tertiary/aromatic N) is 1. The Bertz CT molecular complexity index is 336. The number of aliphatic hydroxyl groups is 1. The highest BCUT2D eigenvalue weighted by Gasteiger charge is 2.21. The van der Waals surface area contributed by atoms with E-state index < -0.39 is 0 Å². The van der Waals surface area contributed by atoms with Crippen molar-refractivity contribution in [3.05, 3.63) is 33.8 Å². The van der Waals surface area contributed by atoms with Gasteiger partial charge in [0, 0.05) is 35.2 Å². The van der Waals surface area contributed by atoms with Gasteiger partial charge in [-0.1, -0.05) is 29.3 Å². The van der Waals surface area contributed by atoms with E-state index in [0.29, 0.717) is 16.6 Å². The minimum atomic E-state index is -0.203. The second-order valence-corrected chi connectivity index (χ2v) is 4.69. The first-order chi connectivity index (χ1) is 7.16. The lowest BCUT2D eigenvalue weighted by Crippen LogP contribution is -2.21. The van der Waals surface area contributed by atoms with Crippen molar-refractivity contribution in [2.45, 2.75) is 19.1 Å². The lowest BCUT2D eigenvalue weighted by atomic mass is 10.2. The van der Waals surface area contributed by atoms with Gasteiger partial charge in [0.25, 0.3) is 0 Å². The van der Waals surface area contributed by atoms with Crippen LogP contribution >= 0.6 is 23.2 Å². The van der Waals surface area contributed by atoms with Crippen LogP contribution in [0.2, 0.25) is 10.0 Å². The summed E-state index contributed by atoms with van der Waals surface area (Å²) in [7, 11) is 0. The Hall–Kier alpha value is -0.280. The van der Waals surface area contributed by atoms with Gasteiger partial charge in [-0.05, 0) is 18.6 Å². The Balaban J connectivity index is 2.10. The third-order valence-electron chi connectivity index (χ3n) is 2.69. The lowest BCUT2D eigenvalue weighted by molar-refractivity contribution is 0.175. The molecule has 1 atom stereocenters. The summed E-state index contributed by atoms with van der Waals surface area (Å²) in [6, 6.07) is 5.53. The summed E-state index contributed by atoms with van der Waals surface area (Å²) in [5.41, 5.74) is 0.954. The fourth-order valence-electron chi connectivity index (χ4n) is 1.86. The minimum Gasteiger partial charge on any atom is -0.392 e. The molecule has 0 aromatic heterocycles. The fourth-order valence-corrected chi connectivity index (χ4v) is 2.38. The Morgan fingerprint density at radius 2 is 2.00 bits per heavy atom. The van der Waals surface area contributed by atoms with Gasteiger partial charge in [0.2, 0.25) is 0 Å². The molecule has 1 aromatic carbocycles. The van der Waals surface area contributed by atoms with Crippen molar-refractivity contribution in [2.75, 3.05) is 13.1 Å². The monoisotopic (exact) mass is 245 g/mol. The summed E-state index contributed by atoms with van der Waals surface area (Å²) in [4.78, 5) is 2.16. The Morgan fingerprint density at radius 3 is 2.53 bits per heavy atom. The molecule has 0 spiro atoms. The highest BCUT2D eigenvalue weighted by molar-refractivity contribution is 6.35. The van der Waals surface area contributed by atoms with E-state index in [4.69, 9.17) is 23.2 Å². The summed E-state index contributed by atoms with van der Waals surface area (Å²) in [5.74, 6) is 0. The standard InChI is InChI=1S/C11H13Cl2NO/c12-10-2-1-3-11(13)9(10)7-14-5-4-8(15)6-14/h1-3,8,15H,4-7H2/t8-/m0/s1. The van der Waals surface area contributed by atoms with Crippen molar-refractivity contribution >= 4 is 23.2 Å². The smallest absolute Gasteiger partial charge is 0.0679 e. The summed E-state index contributed by atoms with van der Waals surface area (Å²) in [6.45, 7) is 2.33. The zero-order valence-corrected chi connectivity index (χ0v) is 9.80. The van der Waals surface area contributed by atoms with Crippen LogP contribution in [0.4, 0.5) is 0 Å². The van der Waals surface area contributed by atoms with Gasteiger partial charge >= 0.3 is 0 Å². The van der Waals surface area contributed by atoms with Gasteiger partial charge in [-0.25, -0.2) is 0 Å². The topological polar surface area (TPSA) is 23.5 Å². The van der Waals surface area contributed by atoms with Crippen LogP contribution in [0.3, 0.4) is 0 Å². The van der Waals surface area contributed by atoms with Crippen molar-refractivity contribution in [3.8, 4) is 0 Å². The molecule has 1 fully saturated rings. The van der Waals surface area contributed by atoms with Crippen LogP contribution in [0.5, 0.6) is 0 Å². The van der Waals surface area contributed by atoms with Crippen molar-refractivity contribution in [2.24, 2.45) is 0 Å². The first kappa shape index (κ1) is 11.2. The number of likely N-dealkylation sites (tertiary alicyclic amines) is 1. The SMILES string of the molecule is O[C@H]1CCN(Cc2c(Cl)cccc2Cl)C1. The van der Waals surface area contributed by atoms with E-state index in [0.717, 1.165) is 25.1 Å². The summed E-state index contributed by atoms with van der Waals surface area (Å²) < 4.78 is 0. The molecule has 1 saturated heterocycles. The molecule has 1 N–H and O–H groups in total. The first-order valence-corrected chi connectivity index (χ1v) is 5.75. The number of aliphatic hydroxyl groups excluding tert-OH is 1. The maximum Gasteiger partial charge on any atom is 0.0679 e. The van der Waals surface area contributed by atoms with Gasteiger partial charge in [-0.15, -0.1) is 0 Å². The number of hydrogen-bond donors (Lipinski definition) is 1. The van der Waals surface area contributed by atoms with Crippen LogP contribution in [-0.4, -0.2) is 29.2 Å². The van der Waals surface area contributed by atoms with Gasteiger partial charge in [0.1, 0.15) is 0 Å². The maximum absolute atomic E-state index is 9.41. The van der Waals surface area contributed by atoms with E-state index in [-0.39, 0.29) is 6.10 Å². The van der Waals surface area contributed by atoms with Crippen LogP contribution < -0.4 is 0 Å². The van der Waals surface area contributed by atoms with Crippen molar-refractivity contribution in [1.29, 1.82) is 0 Å². The Kier molecular flexibility index (Phi) is 3.52. The van der Waals surface area contributed by atoms with Crippen LogP contribution in [0, 0.1) is 0 Å². The third kappa shape index (κ3) is 2.64. The molecule has 4 heteroatoms. The van der Waals surface area contributed by atoms with E-state index in [1.165, 1.54) is 0 Å². The molecule has 1 aliphatic heterocycles. The Morgan fingerprint density at radius 1 is 1.33 bits per heavy atom. The second kappa shape index (κ2) is 4.71. The number of β-amino-alcohol motifs (C(OH)–C–C–N with tert-alkyl or cyclic N) is 1. The zero-order valence-electron chi connectivity index (χ0n) is 8.29. The average molecular weight is 246 g/mol. The molecule has 1 heterocycles. The predicted octanol–water partition coefficient (Wildman–Crippen LogP) is 2.56. The van der Waals surface area contributed by atoms with Crippen molar-refractivity contribution < 1.29 is 5.11 Å². The summed E-state index contributed by atoms with van der Waals surface area (Å²) in [5, 5.41) is 10.8. The van der Waals surface area contributed by atoms with E-state index in [1.807, 2.05) is 18.2 Å². The summed E-state index contributed by atoms with van der Waals surface area (Å²) >= 11 is 12.1. The maximum atomic E-state index is 9.41. The van der Waals surface area contributed by atoms with E-state index in [9.17, 15) is 5.11 Å². The normalized spacial score (nSPS) is 22.2. The van der Waals surface area contributed by atoms with Gasteiger partial charge in [-0.3, -0.25) is 4.90 Å². The molecular formula is C11H13Cl2NO. The molecule has 0 unspecified atom stereocenters. The molecule has 82 valence electrons. The largest absolute Gasteiger partial charge is 0.392 e. The van der Waals surface area contributed by atoms with Crippen molar-refractivity contribution in [1.82, 2.24) is 4.90 Å². The molecule has 2 rings (SSSR count). The van der Waals surface area contributed by atoms with Gasteiger partial charge < -0.3 is 5.11 Å². The average Bonchev–Trinajstić information content (AvgIpc) is 2.58. The molecular weight excluding hydrogens is 233 g/mol. The third-order valence-corrected chi connectivity index (χ3v) is 3.40. The quantitative estimate of drug-likeness (QED) is 0.866. The molecule has 0 bridgehead atoms. The molecule has 0 amide bonds.